The summed E-state index contributed by atoms with van der Waals surface area (Å²) >= 11 is 0. The normalized spacial score (nSPS) is 13.8. The van der Waals surface area contributed by atoms with Crippen LogP contribution in [0.2, 0.25) is 0 Å². The molecule has 3 N–H and O–H groups in total. The number of phosphoric acid groups is 1. The van der Waals surface area contributed by atoms with Gasteiger partial charge in [0.25, 0.3) is 0 Å². The fraction of sp³-hybridized carbons (Fsp3) is 0.915. The molecule has 0 amide bonds. The summed E-state index contributed by atoms with van der Waals surface area (Å²) in [6.07, 6.45) is 43.3. The van der Waals surface area contributed by atoms with E-state index in [2.05, 4.69) is 26.0 Å². The number of phosphoric ester groups is 1. The molecule has 0 heterocycles. The summed E-state index contributed by atoms with van der Waals surface area (Å²) in [6, 6.07) is 0. The lowest BCUT2D eigenvalue weighted by atomic mass is 10.0. The van der Waals surface area contributed by atoms with E-state index in [0.717, 1.165) is 51.4 Å². The molecule has 58 heavy (non-hydrogen) atoms. The molecule has 0 aromatic heterocycles. The highest BCUT2D eigenvalue weighted by atomic mass is 31.2. The first-order valence-corrected chi connectivity index (χ1v) is 25.6. The lowest BCUT2D eigenvalue weighted by Gasteiger charge is -2.20. The number of allylic oxidation sites excluding steroid dienone is 2. The maximum atomic E-state index is 12.4. The molecule has 0 fully saturated rings. The number of ether oxygens (including phenoxy) is 2. The van der Waals surface area contributed by atoms with Gasteiger partial charge in [-0.05, 0) is 38.5 Å². The second-order valence-electron chi connectivity index (χ2n) is 16.5. The number of rotatable bonds is 46. The number of esters is 2. The number of aliphatic hydroxyl groups is 2. The van der Waals surface area contributed by atoms with E-state index in [1.165, 1.54) is 148 Å². The Bertz CT molecular complexity index is 977. The Morgan fingerprint density at radius 2 is 0.707 bits per heavy atom. The Morgan fingerprint density at radius 1 is 0.448 bits per heavy atom. The minimum atomic E-state index is -4.64. The van der Waals surface area contributed by atoms with Crippen molar-refractivity contribution in [1.29, 1.82) is 0 Å². The van der Waals surface area contributed by atoms with E-state index in [4.69, 9.17) is 18.5 Å². The van der Waals surface area contributed by atoms with Crippen LogP contribution >= 0.6 is 7.82 Å². The minimum Gasteiger partial charge on any atom is -0.457 e. The van der Waals surface area contributed by atoms with E-state index < -0.39 is 58.4 Å². The van der Waals surface area contributed by atoms with E-state index in [-0.39, 0.29) is 12.8 Å². The van der Waals surface area contributed by atoms with Crippen LogP contribution in [0.5, 0.6) is 0 Å². The zero-order chi connectivity index (χ0) is 42.6. The van der Waals surface area contributed by atoms with Crippen molar-refractivity contribution in [2.75, 3.05) is 26.4 Å². The average molecular weight is 847 g/mol. The highest BCUT2D eigenvalue weighted by molar-refractivity contribution is 7.47. The van der Waals surface area contributed by atoms with Crippen molar-refractivity contribution in [2.24, 2.45) is 0 Å². The Hall–Kier alpha value is -1.29. The van der Waals surface area contributed by atoms with Crippen LogP contribution in [0.25, 0.3) is 0 Å². The van der Waals surface area contributed by atoms with Crippen LogP contribution in [-0.4, -0.2) is 65.7 Å². The molecular formula is C47H91O10P. The lowest BCUT2D eigenvalue weighted by molar-refractivity contribution is -0.153. The van der Waals surface area contributed by atoms with E-state index in [9.17, 15) is 29.3 Å². The van der Waals surface area contributed by atoms with Gasteiger partial charge in [0, 0.05) is 12.8 Å². The molecule has 0 saturated heterocycles. The third-order valence-corrected chi connectivity index (χ3v) is 11.7. The summed E-state index contributed by atoms with van der Waals surface area (Å²) in [5.41, 5.74) is 0. The second kappa shape index (κ2) is 43.8. The van der Waals surface area contributed by atoms with E-state index in [0.29, 0.717) is 12.8 Å². The molecule has 0 aliphatic rings. The Kier molecular flexibility index (Phi) is 42.8. The van der Waals surface area contributed by atoms with Gasteiger partial charge in [-0.1, -0.05) is 199 Å². The van der Waals surface area contributed by atoms with Crippen LogP contribution in [0.4, 0.5) is 0 Å². The minimum absolute atomic E-state index is 0.186. The highest BCUT2D eigenvalue weighted by Gasteiger charge is 2.27. The van der Waals surface area contributed by atoms with Crippen LogP contribution in [0.15, 0.2) is 12.2 Å². The summed E-state index contributed by atoms with van der Waals surface area (Å²) in [4.78, 5) is 34.6. The molecule has 3 atom stereocenters. The van der Waals surface area contributed by atoms with Gasteiger partial charge in [0.15, 0.2) is 0 Å². The Balaban J connectivity index is 3.85. The molecule has 11 heteroatoms. The number of unbranched alkanes of at least 4 members (excludes halogenated alkanes) is 30. The van der Waals surface area contributed by atoms with Gasteiger partial charge in [-0.25, -0.2) is 4.57 Å². The standard InChI is InChI=1S/C47H91O10P/c1-3-5-7-9-11-13-15-17-19-21-22-23-25-27-29-31-33-35-37-39-47(51)57-45(41-49)43-55-58(52,53)54-42-44(40-48)56-46(50)38-36-34-32-30-28-26-24-20-18-16-14-12-10-8-6-4-2/h20,24,44-45,48-49H,3-19,21-23,25-43H2,1-2H3,(H,52,53)/b24-20-. The average Bonchev–Trinajstić information content (AvgIpc) is 3.21. The zero-order valence-electron chi connectivity index (χ0n) is 37.5. The van der Waals surface area contributed by atoms with Gasteiger partial charge in [-0.15, -0.1) is 0 Å². The second-order valence-corrected chi connectivity index (χ2v) is 17.9. The molecule has 3 unspecified atom stereocenters. The van der Waals surface area contributed by atoms with Crippen molar-refractivity contribution in [2.45, 2.75) is 251 Å². The maximum absolute atomic E-state index is 12.4. The zero-order valence-corrected chi connectivity index (χ0v) is 38.4. The Morgan fingerprint density at radius 3 is 0.983 bits per heavy atom. The number of hydrogen-bond acceptors (Lipinski definition) is 9. The number of carbonyl (C=O) groups is 2. The van der Waals surface area contributed by atoms with Crippen molar-refractivity contribution >= 4 is 19.8 Å². The summed E-state index contributed by atoms with van der Waals surface area (Å²) in [5, 5.41) is 19.2. The van der Waals surface area contributed by atoms with Crippen LogP contribution < -0.4 is 0 Å². The van der Waals surface area contributed by atoms with Gasteiger partial charge in [0.05, 0.1) is 26.4 Å². The van der Waals surface area contributed by atoms with Crippen LogP contribution in [0.3, 0.4) is 0 Å². The van der Waals surface area contributed by atoms with Crippen LogP contribution in [0.1, 0.15) is 239 Å². The van der Waals surface area contributed by atoms with Crippen LogP contribution in [0, 0.1) is 0 Å². The topological polar surface area (TPSA) is 149 Å². The van der Waals surface area contributed by atoms with Crippen molar-refractivity contribution in [1.82, 2.24) is 0 Å². The number of hydrogen-bond donors (Lipinski definition) is 3. The van der Waals surface area contributed by atoms with Gasteiger partial charge in [-0.3, -0.25) is 18.6 Å². The predicted octanol–water partition coefficient (Wildman–Crippen LogP) is 13.2. The Labute approximate surface area is 356 Å². The third kappa shape index (κ3) is 41.4. The summed E-state index contributed by atoms with van der Waals surface area (Å²) in [5.74, 6) is -1.01. The molecule has 0 spiro atoms. The lowest BCUT2D eigenvalue weighted by Crippen LogP contribution is -2.28. The summed E-state index contributed by atoms with van der Waals surface area (Å²) < 4.78 is 32.7. The molecule has 0 aliphatic heterocycles. The van der Waals surface area contributed by atoms with E-state index in [1.54, 1.807) is 0 Å². The van der Waals surface area contributed by atoms with E-state index in [1.807, 2.05) is 0 Å². The highest BCUT2D eigenvalue weighted by Crippen LogP contribution is 2.43. The first-order chi connectivity index (χ1) is 28.3. The molecule has 344 valence electrons. The fourth-order valence-corrected chi connectivity index (χ4v) is 7.78. The van der Waals surface area contributed by atoms with Gasteiger partial charge in [-0.2, -0.15) is 0 Å². The van der Waals surface area contributed by atoms with Gasteiger partial charge < -0.3 is 24.6 Å². The molecule has 0 aromatic rings. The van der Waals surface area contributed by atoms with Crippen LogP contribution in [-0.2, 0) is 32.7 Å². The van der Waals surface area contributed by atoms with Crippen molar-refractivity contribution in [3.8, 4) is 0 Å². The third-order valence-electron chi connectivity index (χ3n) is 10.7. The number of carbonyl (C=O) groups excluding carboxylic acids is 2. The molecule has 0 aromatic carbocycles. The maximum Gasteiger partial charge on any atom is 0.472 e. The first kappa shape index (κ1) is 56.7. The summed E-state index contributed by atoms with van der Waals surface area (Å²) in [7, 11) is -4.64. The first-order valence-electron chi connectivity index (χ1n) is 24.1. The SMILES string of the molecule is CCCCCCCCC/C=C\CCCCCCCC(=O)OC(CO)COP(=O)(O)OCC(CO)OC(=O)CCCCCCCCCCCCCCCCCCCCC. The molecule has 0 radical (unpaired) electrons. The molecule has 0 bridgehead atoms. The monoisotopic (exact) mass is 847 g/mol. The van der Waals surface area contributed by atoms with Gasteiger partial charge in [0.1, 0.15) is 12.2 Å². The molecule has 0 saturated carbocycles. The van der Waals surface area contributed by atoms with Crippen molar-refractivity contribution < 1.29 is 47.8 Å². The van der Waals surface area contributed by atoms with Gasteiger partial charge in [0.2, 0.25) is 0 Å². The largest absolute Gasteiger partial charge is 0.472 e. The smallest absolute Gasteiger partial charge is 0.457 e. The van der Waals surface area contributed by atoms with Crippen molar-refractivity contribution in [3.05, 3.63) is 12.2 Å². The molecule has 0 rings (SSSR count). The van der Waals surface area contributed by atoms with E-state index >= 15 is 0 Å². The molecular weight excluding hydrogens is 755 g/mol. The number of aliphatic hydroxyl groups excluding tert-OH is 2. The molecule has 0 aliphatic carbocycles. The van der Waals surface area contributed by atoms with Gasteiger partial charge >= 0.3 is 19.8 Å². The van der Waals surface area contributed by atoms with Crippen molar-refractivity contribution in [3.63, 3.8) is 0 Å². The summed E-state index contributed by atoms with van der Waals surface area (Å²) in [6.45, 7) is 2.24. The quantitative estimate of drug-likeness (QED) is 0.0234. The molecule has 10 nitrogen and oxygen atoms in total. The fourth-order valence-electron chi connectivity index (χ4n) is 6.99. The predicted molar refractivity (Wildman–Crippen MR) is 238 cm³/mol.